The minimum Gasteiger partial charge on any atom is -0.493 e. The van der Waals surface area contributed by atoms with E-state index in [1.165, 1.54) is 24.1 Å². The number of esters is 1. The van der Waals surface area contributed by atoms with Crippen LogP contribution in [0, 0.1) is 5.41 Å². The van der Waals surface area contributed by atoms with E-state index in [1.807, 2.05) is 19.1 Å². The number of Topliss-reactive ketones (excluding diaryl/α,β-unsaturated/α-hetero) is 2. The van der Waals surface area contributed by atoms with Crippen molar-refractivity contribution in [2.24, 2.45) is 5.41 Å². The van der Waals surface area contributed by atoms with Gasteiger partial charge in [-0.1, -0.05) is 64.1 Å². The number of carbonyl (C=O) groups excluding carboxylic acids is 9. The lowest BCUT2D eigenvalue weighted by Crippen LogP contribution is -2.53. The third-order valence-electron chi connectivity index (χ3n) is 13.7. The van der Waals surface area contributed by atoms with E-state index < -0.39 is 64.9 Å². The molecule has 3 atom stereocenters. The molecule has 18 nitrogen and oxygen atoms in total. The highest BCUT2D eigenvalue weighted by Gasteiger charge is 2.46. The molecule has 6 amide bonds. The first-order valence-electron chi connectivity index (χ1n) is 25.0. The predicted octanol–water partition coefficient (Wildman–Crippen LogP) is 6.74. The monoisotopic (exact) mass is 1010 g/mol. The van der Waals surface area contributed by atoms with E-state index in [0.29, 0.717) is 92.8 Å². The number of para-hydroxylation sites is 1. The number of imide groups is 1. The first-order chi connectivity index (χ1) is 35.0. The largest absolute Gasteiger partial charge is 0.493 e. The molecular weight excluding hydrogens is 939 g/mol. The lowest BCUT2D eigenvalue weighted by Gasteiger charge is -2.36. The summed E-state index contributed by atoms with van der Waals surface area (Å²) in [5.74, 6) is -3.47. The number of aryl methyl sites for hydroxylation is 1. The van der Waals surface area contributed by atoms with Crippen LogP contribution in [0.5, 0.6) is 17.2 Å². The van der Waals surface area contributed by atoms with Crippen molar-refractivity contribution in [3.63, 3.8) is 0 Å². The van der Waals surface area contributed by atoms with Gasteiger partial charge in [0.1, 0.15) is 30.5 Å². The number of nitrogens with one attached hydrogen (secondary N) is 3. The van der Waals surface area contributed by atoms with Crippen LogP contribution in [-0.2, 0) is 44.7 Å². The third-order valence-corrected chi connectivity index (χ3v) is 13.7. The van der Waals surface area contributed by atoms with E-state index in [2.05, 4.69) is 22.5 Å². The Kier molecular flexibility index (Phi) is 19.1. The molecule has 2 saturated heterocycles. The SMILES string of the molecule is C=C1CCC(N2C(=O)c3cccc(OCC(=O)CCCCCNC(=O)CCC(=O)Nc4ccccc4[C@@H](CCc4ccc(OC)c(OC)c4)OC(=O)[C@@H]4CCCCN4C(=O)C(=O)C(C)(C)CC)c3C2=O)C(=O)N1. The van der Waals surface area contributed by atoms with Gasteiger partial charge in [-0.3, -0.25) is 43.3 Å². The summed E-state index contributed by atoms with van der Waals surface area (Å²) in [6, 6.07) is 15.0. The van der Waals surface area contributed by atoms with Crippen LogP contribution >= 0.6 is 0 Å². The van der Waals surface area contributed by atoms with Crippen molar-refractivity contribution >= 4 is 58.7 Å². The highest BCUT2D eigenvalue weighted by molar-refractivity contribution is 6.38. The molecule has 73 heavy (non-hydrogen) atoms. The molecule has 6 rings (SSSR count). The van der Waals surface area contributed by atoms with E-state index in [4.69, 9.17) is 18.9 Å². The van der Waals surface area contributed by atoms with Crippen molar-refractivity contribution in [2.45, 2.75) is 129 Å². The molecular formula is C55H67N5O13. The average Bonchev–Trinajstić information content (AvgIpc) is 3.64. The molecule has 3 N–H and O–H groups in total. The minimum absolute atomic E-state index is 0.0193. The van der Waals surface area contributed by atoms with E-state index in [0.717, 1.165) is 10.5 Å². The fourth-order valence-electron chi connectivity index (χ4n) is 9.02. The maximum absolute atomic E-state index is 14.2. The number of likely N-dealkylation sites (tertiary alicyclic amines) is 1. The second-order valence-corrected chi connectivity index (χ2v) is 19.2. The Hall–Kier alpha value is -7.37. The van der Waals surface area contributed by atoms with Gasteiger partial charge in [-0.05, 0) is 100 Å². The minimum atomic E-state index is -0.973. The Morgan fingerprint density at radius 2 is 1.59 bits per heavy atom. The molecule has 0 aliphatic carbocycles. The van der Waals surface area contributed by atoms with Crippen molar-refractivity contribution in [1.29, 1.82) is 0 Å². The van der Waals surface area contributed by atoms with Crippen molar-refractivity contribution in [3.05, 3.63) is 95.2 Å². The second kappa shape index (κ2) is 25.3. The zero-order chi connectivity index (χ0) is 52.8. The fourth-order valence-corrected chi connectivity index (χ4v) is 9.02. The Labute approximate surface area is 425 Å². The van der Waals surface area contributed by atoms with Gasteiger partial charge in [0.15, 0.2) is 17.3 Å². The first-order valence-corrected chi connectivity index (χ1v) is 25.0. The van der Waals surface area contributed by atoms with E-state index >= 15 is 0 Å². The number of amides is 6. The smallest absolute Gasteiger partial charge is 0.329 e. The summed E-state index contributed by atoms with van der Waals surface area (Å²) in [6.07, 6.45) is 4.24. The van der Waals surface area contributed by atoms with Gasteiger partial charge in [-0.2, -0.15) is 0 Å². The van der Waals surface area contributed by atoms with E-state index in [9.17, 15) is 43.2 Å². The number of allylic oxidation sites excluding steroid dienone is 1. The van der Waals surface area contributed by atoms with Crippen molar-refractivity contribution in [1.82, 2.24) is 20.4 Å². The number of benzene rings is 3. The van der Waals surface area contributed by atoms with Gasteiger partial charge in [-0.15, -0.1) is 0 Å². The lowest BCUT2D eigenvalue weighted by atomic mass is 9.84. The number of nitrogens with zero attached hydrogens (tertiary/aromatic N) is 2. The molecule has 390 valence electrons. The number of methoxy groups -OCH3 is 2. The van der Waals surface area contributed by atoms with Crippen molar-refractivity contribution in [2.75, 3.05) is 39.2 Å². The summed E-state index contributed by atoms with van der Waals surface area (Å²) in [5.41, 5.74) is 1.51. The number of rotatable bonds is 25. The van der Waals surface area contributed by atoms with Gasteiger partial charge >= 0.3 is 5.97 Å². The summed E-state index contributed by atoms with van der Waals surface area (Å²) in [5, 5.41) is 8.31. The molecule has 1 unspecified atom stereocenters. The summed E-state index contributed by atoms with van der Waals surface area (Å²) < 4.78 is 22.9. The van der Waals surface area contributed by atoms with E-state index in [-0.39, 0.29) is 73.8 Å². The molecule has 3 heterocycles. The molecule has 0 radical (unpaired) electrons. The molecule has 0 aromatic heterocycles. The molecule has 3 aliphatic heterocycles. The van der Waals surface area contributed by atoms with Crippen LogP contribution in [0.25, 0.3) is 0 Å². The Balaban J connectivity index is 0.980. The van der Waals surface area contributed by atoms with Crippen LogP contribution in [0.3, 0.4) is 0 Å². The first kappa shape index (κ1) is 55.0. The van der Waals surface area contributed by atoms with Gasteiger partial charge in [0.05, 0.1) is 25.3 Å². The molecule has 0 spiro atoms. The highest BCUT2D eigenvalue weighted by Crippen LogP contribution is 2.36. The van der Waals surface area contributed by atoms with Crippen LogP contribution in [-0.4, -0.2) is 109 Å². The van der Waals surface area contributed by atoms with Gasteiger partial charge in [0.25, 0.3) is 17.7 Å². The average molecular weight is 1010 g/mol. The number of ketones is 2. The normalized spacial score (nSPS) is 17.0. The van der Waals surface area contributed by atoms with Crippen LogP contribution in [0.15, 0.2) is 72.9 Å². The van der Waals surface area contributed by atoms with Crippen LogP contribution in [0.4, 0.5) is 5.69 Å². The topological polar surface area (TPSA) is 233 Å². The van der Waals surface area contributed by atoms with Crippen LogP contribution in [0.2, 0.25) is 0 Å². The Morgan fingerprint density at radius 3 is 2.33 bits per heavy atom. The predicted molar refractivity (Wildman–Crippen MR) is 269 cm³/mol. The number of unbranched alkanes of at least 4 members (excludes halogenated alkanes) is 2. The number of hydrogen-bond acceptors (Lipinski definition) is 13. The Bertz CT molecular complexity index is 2610. The molecule has 0 bridgehead atoms. The van der Waals surface area contributed by atoms with Crippen molar-refractivity contribution in [3.8, 4) is 17.2 Å². The zero-order valence-corrected chi connectivity index (χ0v) is 42.4. The number of carbonyl (C=O) groups is 9. The maximum atomic E-state index is 14.2. The maximum Gasteiger partial charge on any atom is 0.329 e. The number of anilines is 1. The summed E-state index contributed by atoms with van der Waals surface area (Å²) in [7, 11) is 3.08. The van der Waals surface area contributed by atoms with Crippen LogP contribution in [0.1, 0.15) is 142 Å². The molecule has 3 aromatic rings. The summed E-state index contributed by atoms with van der Waals surface area (Å²) in [4.78, 5) is 121. The summed E-state index contributed by atoms with van der Waals surface area (Å²) >= 11 is 0. The number of fused-ring (bicyclic) bond motifs is 1. The molecule has 0 saturated carbocycles. The lowest BCUT2D eigenvalue weighted by molar-refractivity contribution is -0.164. The van der Waals surface area contributed by atoms with Gasteiger partial charge in [0, 0.05) is 54.7 Å². The number of ether oxygens (including phenoxy) is 4. The number of piperidine rings is 2. The third kappa shape index (κ3) is 13.8. The van der Waals surface area contributed by atoms with Gasteiger partial charge < -0.3 is 39.8 Å². The van der Waals surface area contributed by atoms with Gasteiger partial charge in [-0.25, -0.2) is 4.79 Å². The van der Waals surface area contributed by atoms with Crippen molar-refractivity contribution < 1.29 is 62.1 Å². The highest BCUT2D eigenvalue weighted by atomic mass is 16.5. The fraction of sp³-hybridized carbons (Fsp3) is 0.473. The molecule has 2 fully saturated rings. The standard InChI is InChI=1S/C55H67N5O13/c1-7-55(3,4)49(64)53(68)59-31-14-12-20-41(59)54(69)73-42(26-23-35-24-27-43(70-5)45(32-35)71-6)37-17-10-11-19-39(37)58-47(63)29-28-46(62)56-30-13-8-9-16-36(61)33-72-44-21-15-18-38-48(44)52(67)60(51(38)66)40-25-22-34(2)57-50(40)65/h10-11,15,17-19,21,24,27,32,40-42H,2,7-9,12-14,16,20,22-23,25-26,28-31,33H2,1,3-6H3,(H,56,62)(H,57,65)(H,58,63)/t40?,41-,42+/m0/s1. The Morgan fingerprint density at radius 1 is 0.836 bits per heavy atom. The molecule has 18 heteroatoms. The van der Waals surface area contributed by atoms with E-state index in [1.54, 1.807) is 57.4 Å². The molecule has 3 aromatic carbocycles. The quantitative estimate of drug-likeness (QED) is 0.0346. The zero-order valence-electron chi connectivity index (χ0n) is 42.4. The second-order valence-electron chi connectivity index (χ2n) is 19.2. The molecule has 3 aliphatic rings. The van der Waals surface area contributed by atoms with Crippen LogP contribution < -0.4 is 30.2 Å². The van der Waals surface area contributed by atoms with Gasteiger partial charge in [0.2, 0.25) is 23.5 Å². The summed E-state index contributed by atoms with van der Waals surface area (Å²) in [6.45, 7) is 9.26. The number of hydrogen-bond donors (Lipinski definition) is 3.